The first-order chi connectivity index (χ1) is 7.00. The van der Waals surface area contributed by atoms with Crippen molar-refractivity contribution >= 4 is 16.9 Å². The molecule has 0 radical (unpaired) electrons. The van der Waals surface area contributed by atoms with Crippen molar-refractivity contribution in [3.63, 3.8) is 0 Å². The molecule has 1 unspecified atom stereocenters. The molecule has 0 aromatic heterocycles. The predicted octanol–water partition coefficient (Wildman–Crippen LogP) is 2.97. The van der Waals surface area contributed by atoms with Gasteiger partial charge in [0.15, 0.2) is 0 Å². The highest BCUT2D eigenvalue weighted by Crippen LogP contribution is 2.20. The van der Waals surface area contributed by atoms with Gasteiger partial charge in [-0.05, 0) is 5.56 Å². The lowest BCUT2D eigenvalue weighted by Crippen LogP contribution is -2.17. The van der Waals surface area contributed by atoms with Crippen molar-refractivity contribution in [3.05, 3.63) is 42.0 Å². The van der Waals surface area contributed by atoms with E-state index in [-0.39, 0.29) is 0 Å². The second-order valence-electron chi connectivity index (χ2n) is 2.77. The van der Waals surface area contributed by atoms with Gasteiger partial charge in [0.25, 0.3) is 0 Å². The lowest BCUT2D eigenvalue weighted by atomic mass is 10.2. The van der Waals surface area contributed by atoms with E-state index < -0.39 is 22.1 Å². The second kappa shape index (κ2) is 5.11. The number of alkyl halides is 3. The molecule has 0 saturated heterocycles. The molecule has 82 valence electrons. The Bertz CT molecular complexity index is 357. The molecule has 5 heteroatoms. The molecule has 0 aliphatic rings. The standard InChI is InChI=1S/C10H9F3OS/c11-10(12,13)15(14)8-4-7-9-5-2-1-3-6-9/h1-7H,8H2/b7-4+. The van der Waals surface area contributed by atoms with E-state index >= 15 is 0 Å². The van der Waals surface area contributed by atoms with Gasteiger partial charge in [0.05, 0.1) is 5.75 Å². The molecule has 1 aromatic carbocycles. The monoisotopic (exact) mass is 234 g/mol. The number of halogens is 3. The van der Waals surface area contributed by atoms with Gasteiger partial charge in [-0.1, -0.05) is 42.5 Å². The van der Waals surface area contributed by atoms with Crippen molar-refractivity contribution < 1.29 is 17.4 Å². The summed E-state index contributed by atoms with van der Waals surface area (Å²) in [5.74, 6) is -0.502. The second-order valence-corrected chi connectivity index (χ2v) is 4.26. The molecule has 0 heterocycles. The van der Waals surface area contributed by atoms with E-state index in [2.05, 4.69) is 0 Å². The van der Waals surface area contributed by atoms with Crippen LogP contribution in [0, 0.1) is 0 Å². The average molecular weight is 234 g/mol. The predicted molar refractivity (Wildman–Crippen MR) is 54.5 cm³/mol. The molecule has 0 aliphatic carbocycles. The number of rotatable bonds is 3. The average Bonchev–Trinajstić information content (AvgIpc) is 2.18. The van der Waals surface area contributed by atoms with Crippen LogP contribution in [-0.4, -0.2) is 15.5 Å². The summed E-state index contributed by atoms with van der Waals surface area (Å²) in [7, 11) is -2.80. The highest BCUT2D eigenvalue weighted by molar-refractivity contribution is 7.86. The van der Waals surface area contributed by atoms with E-state index in [0.29, 0.717) is 0 Å². The van der Waals surface area contributed by atoms with Gasteiger partial charge in [0.2, 0.25) is 0 Å². The third-order valence-corrected chi connectivity index (χ3v) is 2.63. The van der Waals surface area contributed by atoms with Crippen LogP contribution in [0.1, 0.15) is 5.56 Å². The summed E-state index contributed by atoms with van der Waals surface area (Å²) in [6.07, 6.45) is 2.78. The van der Waals surface area contributed by atoms with Gasteiger partial charge >= 0.3 is 5.51 Å². The smallest absolute Gasteiger partial charge is 0.250 e. The third kappa shape index (κ3) is 4.29. The highest BCUT2D eigenvalue weighted by atomic mass is 32.2. The van der Waals surface area contributed by atoms with Crippen molar-refractivity contribution in [2.75, 3.05) is 5.75 Å². The molecule has 0 fully saturated rings. The SMILES string of the molecule is O=S(C/C=C/c1ccccc1)C(F)(F)F. The van der Waals surface area contributed by atoms with Gasteiger partial charge in [-0.2, -0.15) is 13.2 Å². The Morgan fingerprint density at radius 3 is 2.33 bits per heavy atom. The van der Waals surface area contributed by atoms with E-state index in [0.717, 1.165) is 5.56 Å². The maximum Gasteiger partial charge on any atom is 0.471 e. The maximum atomic E-state index is 11.8. The van der Waals surface area contributed by atoms with E-state index in [1.54, 1.807) is 24.3 Å². The van der Waals surface area contributed by atoms with Crippen LogP contribution >= 0.6 is 0 Å². The Labute approximate surface area is 88.1 Å². The van der Waals surface area contributed by atoms with E-state index in [4.69, 9.17) is 0 Å². The normalized spacial score (nSPS) is 14.3. The molecule has 0 saturated carbocycles. The fraction of sp³-hybridized carbons (Fsp3) is 0.200. The molecule has 0 N–H and O–H groups in total. The molecule has 1 atom stereocenters. The van der Waals surface area contributed by atoms with Gasteiger partial charge in [0.1, 0.15) is 10.8 Å². The van der Waals surface area contributed by atoms with Crippen molar-refractivity contribution in [1.82, 2.24) is 0 Å². The Balaban J connectivity index is 2.51. The topological polar surface area (TPSA) is 17.1 Å². The third-order valence-electron chi connectivity index (χ3n) is 1.62. The Morgan fingerprint density at radius 1 is 1.20 bits per heavy atom. The van der Waals surface area contributed by atoms with Crippen molar-refractivity contribution in [3.8, 4) is 0 Å². The van der Waals surface area contributed by atoms with Crippen LogP contribution < -0.4 is 0 Å². The summed E-state index contributed by atoms with van der Waals surface area (Å²) in [6, 6.07) is 8.88. The zero-order valence-corrected chi connectivity index (χ0v) is 8.52. The molecule has 1 aromatic rings. The van der Waals surface area contributed by atoms with Gasteiger partial charge in [0, 0.05) is 0 Å². The van der Waals surface area contributed by atoms with E-state index in [1.165, 1.54) is 12.2 Å². The van der Waals surface area contributed by atoms with Gasteiger partial charge in [-0.3, -0.25) is 4.21 Å². The minimum atomic E-state index is -4.62. The summed E-state index contributed by atoms with van der Waals surface area (Å²) in [4.78, 5) is 0. The summed E-state index contributed by atoms with van der Waals surface area (Å²) in [5, 5.41) is 0. The fourth-order valence-corrected chi connectivity index (χ4v) is 1.39. The van der Waals surface area contributed by atoms with Crippen LogP contribution in [0.4, 0.5) is 13.2 Å². The number of hydrogen-bond donors (Lipinski definition) is 0. The van der Waals surface area contributed by atoms with Crippen molar-refractivity contribution in [2.45, 2.75) is 5.51 Å². The molecule has 0 aliphatic heterocycles. The zero-order valence-electron chi connectivity index (χ0n) is 7.70. The van der Waals surface area contributed by atoms with Gasteiger partial charge < -0.3 is 0 Å². The summed E-state index contributed by atoms with van der Waals surface area (Å²) >= 11 is 0. The Morgan fingerprint density at radius 2 is 1.80 bits per heavy atom. The summed E-state index contributed by atoms with van der Waals surface area (Å²) in [5.41, 5.74) is -3.84. The fourth-order valence-electron chi connectivity index (χ4n) is 0.930. The minimum absolute atomic E-state index is 0.502. The molecule has 0 spiro atoms. The van der Waals surface area contributed by atoms with Crippen molar-refractivity contribution in [1.29, 1.82) is 0 Å². The first-order valence-corrected chi connectivity index (χ1v) is 5.49. The quantitative estimate of drug-likeness (QED) is 0.785. The van der Waals surface area contributed by atoms with Crippen LogP contribution in [0.3, 0.4) is 0 Å². The first kappa shape index (κ1) is 12.0. The lowest BCUT2D eigenvalue weighted by molar-refractivity contribution is -0.0382. The van der Waals surface area contributed by atoms with Crippen LogP contribution in [-0.2, 0) is 10.8 Å². The number of hydrogen-bond acceptors (Lipinski definition) is 1. The van der Waals surface area contributed by atoms with Gasteiger partial charge in [-0.15, -0.1) is 0 Å². The van der Waals surface area contributed by atoms with E-state index in [9.17, 15) is 17.4 Å². The molecular formula is C10H9F3OS. The molecule has 0 bridgehead atoms. The molecule has 1 rings (SSSR count). The first-order valence-electron chi connectivity index (χ1n) is 4.17. The zero-order chi connectivity index (χ0) is 11.3. The summed E-state index contributed by atoms with van der Waals surface area (Å²) in [6.45, 7) is 0. The van der Waals surface area contributed by atoms with Crippen LogP contribution in [0.5, 0.6) is 0 Å². The lowest BCUT2D eigenvalue weighted by Gasteiger charge is -2.02. The summed E-state index contributed by atoms with van der Waals surface area (Å²) < 4.78 is 46.1. The molecule has 15 heavy (non-hydrogen) atoms. The molecule has 1 nitrogen and oxygen atoms in total. The van der Waals surface area contributed by atoms with Crippen LogP contribution in [0.15, 0.2) is 36.4 Å². The minimum Gasteiger partial charge on any atom is -0.250 e. The maximum absolute atomic E-state index is 11.8. The molecular weight excluding hydrogens is 225 g/mol. The Hall–Kier alpha value is -1.10. The van der Waals surface area contributed by atoms with Crippen LogP contribution in [0.2, 0.25) is 0 Å². The van der Waals surface area contributed by atoms with E-state index in [1.807, 2.05) is 6.07 Å². The highest BCUT2D eigenvalue weighted by Gasteiger charge is 2.35. The number of benzene rings is 1. The molecule has 0 amide bonds. The van der Waals surface area contributed by atoms with Gasteiger partial charge in [-0.25, -0.2) is 0 Å². The Kier molecular flexibility index (Phi) is 4.08. The van der Waals surface area contributed by atoms with Crippen LogP contribution in [0.25, 0.3) is 6.08 Å². The largest absolute Gasteiger partial charge is 0.471 e. The van der Waals surface area contributed by atoms with Crippen molar-refractivity contribution in [2.24, 2.45) is 0 Å².